The highest BCUT2D eigenvalue weighted by atomic mass is 127. The van der Waals surface area contributed by atoms with Crippen molar-refractivity contribution in [2.75, 3.05) is 27.9 Å². The van der Waals surface area contributed by atoms with Crippen LogP contribution in [0.2, 0.25) is 0 Å². The first-order chi connectivity index (χ1) is 18.9. The Bertz CT molecular complexity index is 1640. The van der Waals surface area contributed by atoms with E-state index in [1.54, 1.807) is 39.5 Å². The quantitative estimate of drug-likeness (QED) is 0.189. The van der Waals surface area contributed by atoms with Crippen molar-refractivity contribution in [3.05, 3.63) is 81.6 Å². The molecule has 0 fully saturated rings. The van der Waals surface area contributed by atoms with Crippen LogP contribution in [-0.4, -0.2) is 55.0 Å². The van der Waals surface area contributed by atoms with E-state index < -0.39 is 6.04 Å². The lowest BCUT2D eigenvalue weighted by atomic mass is 10.0. The number of aliphatic hydroxyl groups is 1. The van der Waals surface area contributed by atoms with Gasteiger partial charge in [-0.3, -0.25) is 4.79 Å². The van der Waals surface area contributed by atoms with Crippen molar-refractivity contribution in [3.63, 3.8) is 0 Å². The number of benzene rings is 3. The van der Waals surface area contributed by atoms with Gasteiger partial charge in [-0.15, -0.1) is 0 Å². The zero-order chi connectivity index (χ0) is 27.5. The first kappa shape index (κ1) is 26.8. The van der Waals surface area contributed by atoms with E-state index in [0.29, 0.717) is 46.0 Å². The Morgan fingerprint density at radius 1 is 1.00 bits per heavy atom. The van der Waals surface area contributed by atoms with Gasteiger partial charge >= 0.3 is 0 Å². The van der Waals surface area contributed by atoms with Crippen LogP contribution in [0.4, 0.5) is 0 Å². The number of H-pyrrole nitrogens is 1. The highest BCUT2D eigenvalue weighted by Crippen LogP contribution is 2.41. The fraction of sp³-hybridized carbons (Fsp3) is 0.200. The summed E-state index contributed by atoms with van der Waals surface area (Å²) in [6, 6.07) is 18.6. The zero-order valence-corrected chi connectivity index (χ0v) is 23.9. The summed E-state index contributed by atoms with van der Waals surface area (Å²) in [4.78, 5) is 21.8. The number of aliphatic hydroxyl groups excluding tert-OH is 1. The topological polar surface area (TPSA) is 106 Å². The molecule has 3 N–H and O–H groups in total. The van der Waals surface area contributed by atoms with E-state index in [0.717, 1.165) is 25.4 Å². The van der Waals surface area contributed by atoms with Gasteiger partial charge in [0, 0.05) is 31.6 Å². The molecular weight excluding hydrogens is 609 g/mol. The van der Waals surface area contributed by atoms with Crippen LogP contribution < -0.4 is 19.5 Å². The van der Waals surface area contributed by atoms with Crippen LogP contribution >= 0.6 is 22.6 Å². The van der Waals surface area contributed by atoms with Crippen molar-refractivity contribution in [2.45, 2.75) is 12.5 Å². The third-order valence-corrected chi connectivity index (χ3v) is 7.34. The monoisotopic (exact) mass is 637 g/mol. The summed E-state index contributed by atoms with van der Waals surface area (Å²) in [7, 11) is 4.66. The SMILES string of the molecule is COc1cc(-c2cc(C(=O)NC(CO)Cc3c[nH]c4ccccc34)c3cc(I)ccc3n2)cc(OC)c1OC. The molecular formula is C30H28IN3O5. The Kier molecular flexibility index (Phi) is 7.89. The van der Waals surface area contributed by atoms with Gasteiger partial charge < -0.3 is 29.6 Å². The molecule has 1 unspecified atom stereocenters. The summed E-state index contributed by atoms with van der Waals surface area (Å²) < 4.78 is 17.5. The molecule has 2 aromatic heterocycles. The van der Waals surface area contributed by atoms with E-state index in [1.807, 2.05) is 48.7 Å². The number of methoxy groups -OCH3 is 3. The fourth-order valence-electron chi connectivity index (χ4n) is 4.75. The van der Waals surface area contributed by atoms with Gasteiger partial charge in [0.15, 0.2) is 11.5 Å². The van der Waals surface area contributed by atoms with E-state index in [1.165, 1.54) is 0 Å². The number of rotatable bonds is 9. The number of carbonyl (C=O) groups excluding carboxylic acids is 1. The van der Waals surface area contributed by atoms with Gasteiger partial charge in [-0.1, -0.05) is 18.2 Å². The van der Waals surface area contributed by atoms with Crippen LogP contribution in [0.3, 0.4) is 0 Å². The number of hydrogen-bond donors (Lipinski definition) is 3. The van der Waals surface area contributed by atoms with Crippen LogP contribution in [-0.2, 0) is 6.42 Å². The number of hydrogen-bond acceptors (Lipinski definition) is 6. The Morgan fingerprint density at radius 2 is 1.74 bits per heavy atom. The number of aromatic nitrogens is 2. The summed E-state index contributed by atoms with van der Waals surface area (Å²) in [5.74, 6) is 1.15. The largest absolute Gasteiger partial charge is 0.493 e. The number of amides is 1. The van der Waals surface area contributed by atoms with Gasteiger partial charge in [-0.25, -0.2) is 4.98 Å². The fourth-order valence-corrected chi connectivity index (χ4v) is 5.24. The molecule has 9 heteroatoms. The number of fused-ring (bicyclic) bond motifs is 2. The van der Waals surface area contributed by atoms with Crippen LogP contribution in [0.1, 0.15) is 15.9 Å². The van der Waals surface area contributed by atoms with Crippen molar-refractivity contribution < 1.29 is 24.1 Å². The lowest BCUT2D eigenvalue weighted by Crippen LogP contribution is -2.39. The van der Waals surface area contributed by atoms with Crippen LogP contribution in [0.15, 0.2) is 66.9 Å². The normalized spacial score (nSPS) is 11.9. The van der Waals surface area contributed by atoms with E-state index in [4.69, 9.17) is 19.2 Å². The predicted octanol–water partition coefficient (Wildman–Crippen LogP) is 5.35. The van der Waals surface area contributed by atoms with Crippen molar-refractivity contribution in [1.29, 1.82) is 0 Å². The molecule has 5 aromatic rings. The molecule has 1 atom stereocenters. The minimum atomic E-state index is -0.479. The minimum absolute atomic E-state index is 0.203. The maximum Gasteiger partial charge on any atom is 0.252 e. The number of para-hydroxylation sites is 1. The Balaban J connectivity index is 1.54. The number of aromatic amines is 1. The third-order valence-electron chi connectivity index (χ3n) is 6.67. The number of nitrogens with one attached hydrogen (secondary N) is 2. The molecule has 0 aliphatic carbocycles. The highest BCUT2D eigenvalue weighted by molar-refractivity contribution is 14.1. The number of nitrogens with zero attached hydrogens (tertiary/aromatic N) is 1. The Labute approximate surface area is 239 Å². The average molecular weight is 637 g/mol. The maximum absolute atomic E-state index is 13.7. The molecule has 3 aromatic carbocycles. The first-order valence-corrected chi connectivity index (χ1v) is 13.4. The minimum Gasteiger partial charge on any atom is -0.493 e. The van der Waals surface area contributed by atoms with Gasteiger partial charge in [0.25, 0.3) is 5.91 Å². The smallest absolute Gasteiger partial charge is 0.252 e. The maximum atomic E-state index is 13.7. The van der Waals surface area contributed by atoms with Gasteiger partial charge in [0.05, 0.1) is 50.8 Å². The molecule has 0 radical (unpaired) electrons. The molecule has 0 aliphatic rings. The predicted molar refractivity (Wildman–Crippen MR) is 160 cm³/mol. The number of ether oxygens (including phenoxy) is 3. The van der Waals surface area contributed by atoms with Crippen LogP contribution in [0.5, 0.6) is 17.2 Å². The highest BCUT2D eigenvalue weighted by Gasteiger charge is 2.21. The molecule has 2 heterocycles. The average Bonchev–Trinajstić information content (AvgIpc) is 3.37. The molecule has 8 nitrogen and oxygen atoms in total. The third kappa shape index (κ3) is 5.37. The van der Waals surface area contributed by atoms with Gasteiger partial charge in [-0.05, 0) is 77.0 Å². The molecule has 200 valence electrons. The standard InChI is InChI=1S/C30H28IN3O5/c1-37-27-11-17(12-28(38-2)29(27)39-3)26-14-23(22-13-19(31)8-9-25(22)34-26)30(36)33-20(16-35)10-18-15-32-24-7-5-4-6-21(18)24/h4-9,11-15,20,32,35H,10,16H2,1-3H3,(H,33,36). The second-order valence-corrected chi connectivity index (χ2v) is 10.3. The summed E-state index contributed by atoms with van der Waals surface area (Å²) in [6.07, 6.45) is 2.40. The number of pyridine rings is 1. The number of halogens is 1. The van der Waals surface area contributed by atoms with Crippen molar-refractivity contribution in [3.8, 4) is 28.5 Å². The molecule has 0 saturated heterocycles. The van der Waals surface area contributed by atoms with Gasteiger partial charge in [0.2, 0.25) is 5.75 Å². The molecule has 39 heavy (non-hydrogen) atoms. The van der Waals surface area contributed by atoms with Crippen molar-refractivity contribution in [2.24, 2.45) is 0 Å². The molecule has 0 spiro atoms. The van der Waals surface area contributed by atoms with E-state index in [9.17, 15) is 9.90 Å². The molecule has 5 rings (SSSR count). The van der Waals surface area contributed by atoms with Crippen LogP contribution in [0, 0.1) is 3.57 Å². The van der Waals surface area contributed by atoms with E-state index >= 15 is 0 Å². The number of carbonyl (C=O) groups is 1. The molecule has 0 bridgehead atoms. The molecule has 0 aliphatic heterocycles. The lowest BCUT2D eigenvalue weighted by Gasteiger charge is -2.18. The molecule has 1 amide bonds. The Morgan fingerprint density at radius 3 is 2.44 bits per heavy atom. The summed E-state index contributed by atoms with van der Waals surface area (Å²) in [5.41, 5.74) is 4.45. The molecule has 0 saturated carbocycles. The van der Waals surface area contributed by atoms with Crippen molar-refractivity contribution in [1.82, 2.24) is 15.3 Å². The summed E-state index contributed by atoms with van der Waals surface area (Å²) in [5, 5.41) is 15.0. The van der Waals surface area contributed by atoms with Crippen molar-refractivity contribution >= 4 is 50.3 Å². The van der Waals surface area contributed by atoms with E-state index in [2.05, 4.69) is 32.9 Å². The summed E-state index contributed by atoms with van der Waals surface area (Å²) >= 11 is 2.22. The van der Waals surface area contributed by atoms with Crippen LogP contribution in [0.25, 0.3) is 33.1 Å². The van der Waals surface area contributed by atoms with Gasteiger partial charge in [0.1, 0.15) is 0 Å². The second-order valence-electron chi connectivity index (χ2n) is 9.05. The summed E-state index contributed by atoms with van der Waals surface area (Å²) in [6.45, 7) is -0.203. The second kappa shape index (κ2) is 11.5. The lowest BCUT2D eigenvalue weighted by molar-refractivity contribution is 0.0918. The Hall–Kier alpha value is -3.83. The van der Waals surface area contributed by atoms with Gasteiger partial charge in [-0.2, -0.15) is 0 Å². The zero-order valence-electron chi connectivity index (χ0n) is 21.7. The van der Waals surface area contributed by atoms with E-state index in [-0.39, 0.29) is 12.5 Å². The first-order valence-electron chi connectivity index (χ1n) is 12.3.